The molecule has 0 nitrogen and oxygen atoms in total. The van der Waals surface area contributed by atoms with Crippen LogP contribution in [0.5, 0.6) is 0 Å². The molecule has 0 bridgehead atoms. The summed E-state index contributed by atoms with van der Waals surface area (Å²) in [5.74, 6) is 0. The fraction of sp³-hybridized carbons (Fsp3) is 0.130. The molecule has 0 fully saturated rings. The lowest BCUT2D eigenvalue weighted by Gasteiger charge is -2.15. The largest absolute Gasteiger partial charge is 0.0984 e. The maximum Gasteiger partial charge on any atom is -0.0103 e. The normalized spacial score (nSPS) is 11.3. The van der Waals surface area contributed by atoms with Gasteiger partial charge in [-0.15, -0.1) is 0 Å². The third-order valence-corrected chi connectivity index (χ3v) is 3.90. The topological polar surface area (TPSA) is 0 Å². The second-order valence-electron chi connectivity index (χ2n) is 5.58. The van der Waals surface area contributed by atoms with E-state index in [0.717, 1.165) is 22.3 Å². The molecule has 0 saturated heterocycles. The Bertz CT molecular complexity index is 786. The summed E-state index contributed by atoms with van der Waals surface area (Å²) >= 11 is 0. The highest BCUT2D eigenvalue weighted by atomic mass is 14.2. The molecule has 2 rings (SSSR count). The van der Waals surface area contributed by atoms with Gasteiger partial charge in [-0.2, -0.15) is 0 Å². The van der Waals surface area contributed by atoms with Crippen LogP contribution in [-0.4, -0.2) is 0 Å². The zero-order chi connectivity index (χ0) is 16.8. The predicted octanol–water partition coefficient (Wildman–Crippen LogP) is 6.77. The van der Waals surface area contributed by atoms with Crippen LogP contribution in [0.1, 0.15) is 47.2 Å². The number of benzene rings is 2. The molecule has 116 valence electrons. The van der Waals surface area contributed by atoms with Gasteiger partial charge in [0.15, 0.2) is 0 Å². The van der Waals surface area contributed by atoms with Crippen molar-refractivity contribution in [2.24, 2.45) is 0 Å². The van der Waals surface area contributed by atoms with Crippen molar-refractivity contribution < 1.29 is 0 Å². The van der Waals surface area contributed by atoms with Crippen LogP contribution in [0.4, 0.5) is 0 Å². The smallest absolute Gasteiger partial charge is 0.0103 e. The van der Waals surface area contributed by atoms with Crippen molar-refractivity contribution >= 4 is 23.8 Å². The molecule has 0 heterocycles. The number of aryl methyl sites for hydroxylation is 1. The minimum absolute atomic E-state index is 1.04. The van der Waals surface area contributed by atoms with Gasteiger partial charge < -0.3 is 0 Å². The van der Waals surface area contributed by atoms with E-state index in [2.05, 4.69) is 80.8 Å². The molecule has 0 spiro atoms. The van der Waals surface area contributed by atoms with Crippen molar-refractivity contribution in [2.45, 2.75) is 20.8 Å². The summed E-state index contributed by atoms with van der Waals surface area (Å²) in [6.07, 6.45) is 10.3. The average molecular weight is 300 g/mol. The van der Waals surface area contributed by atoms with Gasteiger partial charge in [0.05, 0.1) is 0 Å². The molecule has 0 atom stereocenters. The van der Waals surface area contributed by atoms with E-state index < -0.39 is 0 Å². The van der Waals surface area contributed by atoms with Crippen LogP contribution in [0.3, 0.4) is 0 Å². The van der Waals surface area contributed by atoms with Crippen molar-refractivity contribution in [3.8, 4) is 0 Å². The van der Waals surface area contributed by atoms with Gasteiger partial charge in [0.1, 0.15) is 0 Å². The molecule has 0 saturated carbocycles. The molecule has 0 aliphatic heterocycles. The van der Waals surface area contributed by atoms with Crippen LogP contribution in [0.25, 0.3) is 23.8 Å². The Morgan fingerprint density at radius 1 is 0.957 bits per heavy atom. The zero-order valence-electron chi connectivity index (χ0n) is 14.3. The summed E-state index contributed by atoms with van der Waals surface area (Å²) in [5.41, 5.74) is 8.08. The highest BCUT2D eigenvalue weighted by molar-refractivity contribution is 5.88. The molecule has 0 aliphatic rings. The number of hydrogen-bond donors (Lipinski definition) is 0. The van der Waals surface area contributed by atoms with E-state index in [4.69, 9.17) is 0 Å². The van der Waals surface area contributed by atoms with E-state index in [9.17, 15) is 0 Å². The molecule has 2 aromatic carbocycles. The fourth-order valence-corrected chi connectivity index (χ4v) is 2.80. The highest BCUT2D eigenvalue weighted by Gasteiger charge is 2.11. The number of allylic oxidation sites excluding steroid dienone is 2. The molecular formula is C23H24. The number of hydrogen-bond acceptors (Lipinski definition) is 0. The molecule has 0 aromatic heterocycles. The molecule has 0 amide bonds. The predicted molar refractivity (Wildman–Crippen MR) is 105 cm³/mol. The van der Waals surface area contributed by atoms with E-state index in [0.29, 0.717) is 0 Å². The van der Waals surface area contributed by atoms with Crippen LogP contribution in [-0.2, 0) is 0 Å². The highest BCUT2D eigenvalue weighted by Crippen LogP contribution is 2.31. The van der Waals surface area contributed by atoms with Crippen LogP contribution in [0.15, 0.2) is 61.7 Å². The van der Waals surface area contributed by atoms with Crippen LogP contribution in [0, 0.1) is 6.92 Å². The number of rotatable bonds is 5. The second-order valence-corrected chi connectivity index (χ2v) is 5.58. The lowest BCUT2D eigenvalue weighted by Crippen LogP contribution is -1.96. The van der Waals surface area contributed by atoms with Gasteiger partial charge in [0, 0.05) is 0 Å². The van der Waals surface area contributed by atoms with Gasteiger partial charge >= 0.3 is 0 Å². The van der Waals surface area contributed by atoms with E-state index in [1.807, 2.05) is 19.9 Å². The van der Waals surface area contributed by atoms with Crippen LogP contribution < -0.4 is 0 Å². The molecule has 23 heavy (non-hydrogen) atoms. The van der Waals surface area contributed by atoms with Crippen LogP contribution >= 0.6 is 0 Å². The summed E-state index contributed by atoms with van der Waals surface area (Å²) in [5, 5.41) is 0. The van der Waals surface area contributed by atoms with E-state index in [1.165, 1.54) is 16.7 Å². The molecule has 0 aliphatic carbocycles. The van der Waals surface area contributed by atoms with Gasteiger partial charge in [0.25, 0.3) is 0 Å². The quantitative estimate of drug-likeness (QED) is 0.572. The van der Waals surface area contributed by atoms with Gasteiger partial charge in [0.2, 0.25) is 0 Å². The third-order valence-electron chi connectivity index (χ3n) is 3.90. The second kappa shape index (κ2) is 7.60. The first kappa shape index (κ1) is 16.8. The first-order chi connectivity index (χ1) is 11.1. The Morgan fingerprint density at radius 3 is 2.30 bits per heavy atom. The summed E-state index contributed by atoms with van der Waals surface area (Å²) in [4.78, 5) is 0. The lowest BCUT2D eigenvalue weighted by atomic mass is 9.88. The Morgan fingerprint density at radius 2 is 1.70 bits per heavy atom. The van der Waals surface area contributed by atoms with Crippen molar-refractivity contribution in [1.29, 1.82) is 0 Å². The van der Waals surface area contributed by atoms with Crippen LogP contribution in [0.2, 0.25) is 0 Å². The monoisotopic (exact) mass is 300 g/mol. The maximum absolute atomic E-state index is 4.34. The van der Waals surface area contributed by atoms with E-state index in [1.54, 1.807) is 0 Å². The summed E-state index contributed by atoms with van der Waals surface area (Å²) in [6, 6.07) is 12.8. The molecule has 2 aromatic rings. The minimum atomic E-state index is 1.04. The Kier molecular flexibility index (Phi) is 5.54. The molecule has 0 heteroatoms. The van der Waals surface area contributed by atoms with Crippen molar-refractivity contribution in [3.63, 3.8) is 0 Å². The Labute approximate surface area is 140 Å². The lowest BCUT2D eigenvalue weighted by molar-refractivity contribution is 1.43. The van der Waals surface area contributed by atoms with Gasteiger partial charge in [-0.1, -0.05) is 85.5 Å². The summed E-state index contributed by atoms with van der Waals surface area (Å²) < 4.78 is 0. The summed E-state index contributed by atoms with van der Waals surface area (Å²) in [6.45, 7) is 14.5. The zero-order valence-corrected chi connectivity index (χ0v) is 14.3. The Balaban J connectivity index is 2.66. The third kappa shape index (κ3) is 3.60. The van der Waals surface area contributed by atoms with Crippen molar-refractivity contribution in [1.82, 2.24) is 0 Å². The average Bonchev–Trinajstić information content (AvgIpc) is 2.55. The van der Waals surface area contributed by atoms with Gasteiger partial charge in [-0.3, -0.25) is 0 Å². The summed E-state index contributed by atoms with van der Waals surface area (Å²) in [7, 11) is 0. The standard InChI is InChI=1S/C23H24/c1-6-10-19-14-15-22(23(11-7-2)21(19)8-3)18(5)20-13-9-12-17(4)16-20/h6-16H,3,5H2,1-2,4H3/b10-6-,11-7-. The van der Waals surface area contributed by atoms with Gasteiger partial charge in [-0.25, -0.2) is 0 Å². The van der Waals surface area contributed by atoms with E-state index >= 15 is 0 Å². The molecule has 0 radical (unpaired) electrons. The van der Waals surface area contributed by atoms with E-state index in [-0.39, 0.29) is 0 Å². The van der Waals surface area contributed by atoms with Crippen molar-refractivity contribution in [3.05, 3.63) is 95.1 Å². The first-order valence-electron chi connectivity index (χ1n) is 7.93. The molecular weight excluding hydrogens is 276 g/mol. The van der Waals surface area contributed by atoms with Crippen molar-refractivity contribution in [2.75, 3.05) is 0 Å². The molecule has 0 N–H and O–H groups in total. The Hall–Kier alpha value is -2.60. The maximum atomic E-state index is 4.34. The fourth-order valence-electron chi connectivity index (χ4n) is 2.80. The first-order valence-corrected chi connectivity index (χ1v) is 7.93. The minimum Gasteiger partial charge on any atom is -0.0984 e. The molecule has 0 unspecified atom stereocenters. The SMILES string of the molecule is C=Cc1c(/C=C\C)ccc(C(=C)c2cccc(C)c2)c1/C=C\C. The van der Waals surface area contributed by atoms with Gasteiger partial charge in [-0.05, 0) is 54.2 Å².